The van der Waals surface area contributed by atoms with Gasteiger partial charge in [0.05, 0.1) is 4.92 Å². The number of carbonyl (C=O) groups excluding carboxylic acids is 1. The van der Waals surface area contributed by atoms with E-state index in [0.717, 1.165) is 11.1 Å². The number of carbonyl (C=O) groups is 1. The van der Waals surface area contributed by atoms with Crippen molar-refractivity contribution in [1.29, 1.82) is 0 Å². The fourth-order valence-electron chi connectivity index (χ4n) is 2.30. The van der Waals surface area contributed by atoms with Crippen molar-refractivity contribution in [3.05, 3.63) is 70.1 Å². The number of non-ortho nitro benzene ring substituents is 1. The number of aromatic nitrogens is 2. The van der Waals surface area contributed by atoms with E-state index in [1.807, 2.05) is 31.2 Å². The van der Waals surface area contributed by atoms with Gasteiger partial charge in [-0.15, -0.1) is 10.2 Å². The maximum absolute atomic E-state index is 11.9. The van der Waals surface area contributed by atoms with Crippen LogP contribution in [0.25, 0.3) is 11.5 Å². The third-order valence-electron chi connectivity index (χ3n) is 3.80. The molecule has 0 saturated carbocycles. The van der Waals surface area contributed by atoms with Gasteiger partial charge in [0.25, 0.3) is 11.6 Å². The number of ether oxygens (including phenoxy) is 2. The normalized spacial score (nSPS) is 11.6. The third kappa shape index (κ3) is 4.70. The van der Waals surface area contributed by atoms with Crippen molar-refractivity contribution < 1.29 is 23.6 Å². The van der Waals surface area contributed by atoms with Crippen LogP contribution in [0.2, 0.25) is 0 Å². The van der Waals surface area contributed by atoms with E-state index in [0.29, 0.717) is 11.6 Å². The Hall–Kier alpha value is -3.75. The van der Waals surface area contributed by atoms with Crippen LogP contribution in [0.4, 0.5) is 5.69 Å². The van der Waals surface area contributed by atoms with E-state index in [1.54, 1.807) is 6.92 Å². The SMILES string of the molecule is Cc1ccc(-c2nnc([C@@H](C)OC(=O)COc3ccc([N+](=O)[O-])cc3)o2)cc1. The summed E-state index contributed by atoms with van der Waals surface area (Å²) in [5, 5.41) is 18.5. The van der Waals surface area contributed by atoms with Crippen molar-refractivity contribution in [3.63, 3.8) is 0 Å². The van der Waals surface area contributed by atoms with E-state index < -0.39 is 17.0 Å². The van der Waals surface area contributed by atoms with Crippen molar-refractivity contribution >= 4 is 11.7 Å². The van der Waals surface area contributed by atoms with Gasteiger partial charge in [0.15, 0.2) is 12.7 Å². The summed E-state index contributed by atoms with van der Waals surface area (Å²) in [7, 11) is 0. The van der Waals surface area contributed by atoms with Crippen LogP contribution < -0.4 is 4.74 Å². The molecular weight excluding hydrogens is 366 g/mol. The molecule has 0 aliphatic heterocycles. The molecule has 28 heavy (non-hydrogen) atoms. The molecule has 0 spiro atoms. The summed E-state index contributed by atoms with van der Waals surface area (Å²) in [5.74, 6) is 0.176. The van der Waals surface area contributed by atoms with Gasteiger partial charge >= 0.3 is 5.97 Å². The second kappa shape index (κ2) is 8.30. The zero-order valence-corrected chi connectivity index (χ0v) is 15.2. The molecule has 0 bridgehead atoms. The minimum atomic E-state index is -0.750. The van der Waals surface area contributed by atoms with E-state index in [1.165, 1.54) is 24.3 Å². The highest BCUT2D eigenvalue weighted by Gasteiger charge is 2.19. The topological polar surface area (TPSA) is 118 Å². The van der Waals surface area contributed by atoms with Gasteiger partial charge in [-0.2, -0.15) is 0 Å². The number of nitro benzene ring substituents is 1. The van der Waals surface area contributed by atoms with Crippen LogP contribution in [-0.2, 0) is 9.53 Å². The van der Waals surface area contributed by atoms with Crippen LogP contribution in [-0.4, -0.2) is 27.7 Å². The Morgan fingerprint density at radius 3 is 2.46 bits per heavy atom. The first-order chi connectivity index (χ1) is 13.4. The van der Waals surface area contributed by atoms with Crippen molar-refractivity contribution in [3.8, 4) is 17.2 Å². The number of nitrogens with zero attached hydrogens (tertiary/aromatic N) is 3. The van der Waals surface area contributed by atoms with Crippen LogP contribution >= 0.6 is 0 Å². The molecule has 0 fully saturated rings. The summed E-state index contributed by atoms with van der Waals surface area (Å²) in [6.45, 7) is 3.22. The molecule has 1 heterocycles. The molecular formula is C19H17N3O6. The lowest BCUT2D eigenvalue weighted by molar-refractivity contribution is -0.384. The van der Waals surface area contributed by atoms with Gasteiger partial charge in [0.2, 0.25) is 5.89 Å². The molecule has 0 N–H and O–H groups in total. The molecule has 3 rings (SSSR count). The Morgan fingerprint density at radius 2 is 1.82 bits per heavy atom. The van der Waals surface area contributed by atoms with Gasteiger partial charge in [-0.1, -0.05) is 17.7 Å². The first kappa shape index (κ1) is 19.0. The minimum absolute atomic E-state index is 0.0654. The molecule has 9 heteroatoms. The number of benzene rings is 2. The molecule has 0 unspecified atom stereocenters. The highest BCUT2D eigenvalue weighted by molar-refractivity contribution is 5.71. The summed E-state index contributed by atoms with van der Waals surface area (Å²) in [6.07, 6.45) is -0.750. The van der Waals surface area contributed by atoms with Crippen LogP contribution in [0.15, 0.2) is 52.9 Å². The standard InChI is InChI=1S/C19H17N3O6/c1-12-3-5-14(6-4-12)19-21-20-18(28-19)13(2)27-17(23)11-26-16-9-7-15(8-10-16)22(24)25/h3-10,13H,11H2,1-2H3/t13-/m1/s1. The maximum atomic E-state index is 11.9. The number of hydrogen-bond acceptors (Lipinski definition) is 8. The molecule has 9 nitrogen and oxygen atoms in total. The largest absolute Gasteiger partial charge is 0.482 e. The fourth-order valence-corrected chi connectivity index (χ4v) is 2.30. The van der Waals surface area contributed by atoms with Crippen molar-refractivity contribution in [2.45, 2.75) is 20.0 Å². The molecule has 1 aromatic heterocycles. The van der Waals surface area contributed by atoms with E-state index in [-0.39, 0.29) is 18.2 Å². The van der Waals surface area contributed by atoms with Crippen LogP contribution in [0.1, 0.15) is 24.5 Å². The number of hydrogen-bond donors (Lipinski definition) is 0. The Balaban J connectivity index is 1.54. The lowest BCUT2D eigenvalue weighted by Gasteiger charge is -2.10. The third-order valence-corrected chi connectivity index (χ3v) is 3.80. The molecule has 3 aromatic rings. The Morgan fingerprint density at radius 1 is 1.14 bits per heavy atom. The average molecular weight is 383 g/mol. The first-order valence-corrected chi connectivity index (χ1v) is 8.39. The molecule has 0 amide bonds. The zero-order chi connectivity index (χ0) is 20.1. The van der Waals surface area contributed by atoms with Gasteiger partial charge in [-0.25, -0.2) is 4.79 Å². The summed E-state index contributed by atoms with van der Waals surface area (Å²) < 4.78 is 16.0. The maximum Gasteiger partial charge on any atom is 0.344 e. The van der Waals surface area contributed by atoms with Gasteiger partial charge in [-0.05, 0) is 38.1 Å². The molecule has 144 valence electrons. The number of rotatable bonds is 7. The smallest absolute Gasteiger partial charge is 0.344 e. The summed E-state index contributed by atoms with van der Waals surface area (Å²) in [6, 6.07) is 13.0. The van der Waals surface area contributed by atoms with Crippen molar-refractivity contribution in [1.82, 2.24) is 10.2 Å². The Bertz CT molecular complexity index is 966. The second-order valence-electron chi connectivity index (χ2n) is 5.98. The Labute approximate surface area is 160 Å². The fraction of sp³-hybridized carbons (Fsp3) is 0.211. The molecule has 2 aromatic carbocycles. The Kier molecular flexibility index (Phi) is 5.64. The van der Waals surface area contributed by atoms with Gasteiger partial charge in [0, 0.05) is 17.7 Å². The number of nitro groups is 1. The summed E-state index contributed by atoms with van der Waals surface area (Å²) in [4.78, 5) is 22.0. The van der Waals surface area contributed by atoms with E-state index in [2.05, 4.69) is 10.2 Å². The zero-order valence-electron chi connectivity index (χ0n) is 15.2. The lowest BCUT2D eigenvalue weighted by Crippen LogP contribution is -2.17. The lowest BCUT2D eigenvalue weighted by atomic mass is 10.1. The number of esters is 1. The summed E-state index contributed by atoms with van der Waals surface area (Å²) >= 11 is 0. The quantitative estimate of drug-likeness (QED) is 0.345. The second-order valence-corrected chi connectivity index (χ2v) is 5.98. The molecule has 0 aliphatic rings. The van der Waals surface area contributed by atoms with Crippen LogP contribution in [0, 0.1) is 17.0 Å². The van der Waals surface area contributed by atoms with Crippen LogP contribution in [0.5, 0.6) is 5.75 Å². The minimum Gasteiger partial charge on any atom is -0.482 e. The average Bonchev–Trinajstić information content (AvgIpc) is 3.17. The van der Waals surface area contributed by atoms with E-state index >= 15 is 0 Å². The van der Waals surface area contributed by atoms with E-state index in [4.69, 9.17) is 13.9 Å². The monoisotopic (exact) mass is 383 g/mol. The highest BCUT2D eigenvalue weighted by atomic mass is 16.6. The van der Waals surface area contributed by atoms with Crippen molar-refractivity contribution in [2.75, 3.05) is 6.61 Å². The first-order valence-electron chi connectivity index (χ1n) is 8.39. The molecule has 0 aliphatic carbocycles. The molecule has 0 saturated heterocycles. The van der Waals surface area contributed by atoms with Gasteiger partial charge in [-0.3, -0.25) is 10.1 Å². The predicted molar refractivity (Wildman–Crippen MR) is 97.6 cm³/mol. The predicted octanol–water partition coefficient (Wildman–Crippen LogP) is 3.64. The molecule has 0 radical (unpaired) electrons. The van der Waals surface area contributed by atoms with Gasteiger partial charge in [0.1, 0.15) is 5.75 Å². The summed E-state index contributed by atoms with van der Waals surface area (Å²) in [5.41, 5.74) is 1.81. The van der Waals surface area contributed by atoms with Crippen molar-refractivity contribution in [2.24, 2.45) is 0 Å². The number of aryl methyl sites for hydroxylation is 1. The highest BCUT2D eigenvalue weighted by Crippen LogP contribution is 2.23. The van der Waals surface area contributed by atoms with E-state index in [9.17, 15) is 14.9 Å². The van der Waals surface area contributed by atoms with Gasteiger partial charge < -0.3 is 13.9 Å². The molecule has 1 atom stereocenters. The van der Waals surface area contributed by atoms with Crippen LogP contribution in [0.3, 0.4) is 0 Å².